The second kappa shape index (κ2) is 5.79. The highest BCUT2D eigenvalue weighted by atomic mass is 79.9. The number of phenols is 1. The Kier molecular flexibility index (Phi) is 4.01. The first kappa shape index (κ1) is 14.6. The van der Waals surface area contributed by atoms with E-state index in [1.165, 1.54) is 11.3 Å². The third kappa shape index (κ3) is 2.84. The predicted octanol–water partition coefficient (Wildman–Crippen LogP) is 5.38. The number of carbonyl (C=O) groups excluding carboxylic acids is 1. The summed E-state index contributed by atoms with van der Waals surface area (Å²) in [5.74, 6) is 0.00252. The van der Waals surface area contributed by atoms with E-state index in [-0.39, 0.29) is 11.7 Å². The fourth-order valence-corrected chi connectivity index (χ4v) is 4.88. The SMILES string of the molecule is O=C(Nc1cccc2c(O)cccc12)c1cc(Br)sc1Br. The quantitative estimate of drug-likeness (QED) is 0.577. The average Bonchev–Trinajstić information content (AvgIpc) is 2.79. The Balaban J connectivity index is 2.01. The van der Waals surface area contributed by atoms with E-state index < -0.39 is 0 Å². The molecule has 0 unspecified atom stereocenters. The fraction of sp³-hybridized carbons (Fsp3) is 0. The van der Waals surface area contributed by atoms with Crippen LogP contribution in [0.4, 0.5) is 5.69 Å². The molecule has 0 radical (unpaired) electrons. The van der Waals surface area contributed by atoms with Crippen molar-refractivity contribution in [3.8, 4) is 5.75 Å². The first-order valence-electron chi connectivity index (χ1n) is 6.03. The number of aromatic hydroxyl groups is 1. The Morgan fingerprint density at radius 1 is 1.10 bits per heavy atom. The number of hydrogen-bond donors (Lipinski definition) is 2. The molecule has 6 heteroatoms. The third-order valence-electron chi connectivity index (χ3n) is 3.05. The molecule has 0 saturated carbocycles. The number of halogens is 2. The minimum absolute atomic E-state index is 0.195. The van der Waals surface area contributed by atoms with E-state index >= 15 is 0 Å². The molecule has 1 aromatic heterocycles. The molecule has 2 N–H and O–H groups in total. The van der Waals surface area contributed by atoms with Gasteiger partial charge in [0.2, 0.25) is 0 Å². The minimum Gasteiger partial charge on any atom is -0.507 e. The van der Waals surface area contributed by atoms with E-state index in [1.807, 2.05) is 18.2 Å². The molecule has 1 heterocycles. The summed E-state index contributed by atoms with van der Waals surface area (Å²) in [6.07, 6.45) is 0. The Bertz CT molecular complexity index is 845. The van der Waals surface area contributed by atoms with Gasteiger partial charge >= 0.3 is 0 Å². The number of rotatable bonds is 2. The van der Waals surface area contributed by atoms with E-state index in [0.29, 0.717) is 16.6 Å². The highest BCUT2D eigenvalue weighted by molar-refractivity contribution is 9.12. The van der Waals surface area contributed by atoms with Gasteiger partial charge < -0.3 is 10.4 Å². The van der Waals surface area contributed by atoms with Crippen LogP contribution >= 0.6 is 43.2 Å². The van der Waals surface area contributed by atoms with Gasteiger partial charge in [0.25, 0.3) is 5.91 Å². The molecule has 1 amide bonds. The van der Waals surface area contributed by atoms with Crippen LogP contribution in [-0.4, -0.2) is 11.0 Å². The number of nitrogens with one attached hydrogen (secondary N) is 1. The van der Waals surface area contributed by atoms with Gasteiger partial charge in [-0.2, -0.15) is 0 Å². The lowest BCUT2D eigenvalue weighted by Gasteiger charge is -2.09. The maximum Gasteiger partial charge on any atom is 0.257 e. The third-order valence-corrected chi connectivity index (χ3v) is 5.39. The predicted molar refractivity (Wildman–Crippen MR) is 93.3 cm³/mol. The van der Waals surface area contributed by atoms with Crippen LogP contribution in [0.2, 0.25) is 0 Å². The van der Waals surface area contributed by atoms with Crippen molar-refractivity contribution in [2.75, 3.05) is 5.32 Å². The van der Waals surface area contributed by atoms with Crippen LogP contribution < -0.4 is 5.32 Å². The molecule has 0 fully saturated rings. The molecule has 3 rings (SSSR count). The van der Waals surface area contributed by atoms with Gasteiger partial charge in [0.05, 0.1) is 13.1 Å². The molecule has 0 aliphatic carbocycles. The molecule has 0 spiro atoms. The first-order valence-corrected chi connectivity index (χ1v) is 8.43. The summed E-state index contributed by atoms with van der Waals surface area (Å²) in [6.45, 7) is 0. The topological polar surface area (TPSA) is 49.3 Å². The van der Waals surface area contributed by atoms with Crippen LogP contribution in [0.1, 0.15) is 10.4 Å². The maximum atomic E-state index is 12.4. The monoisotopic (exact) mass is 425 g/mol. The summed E-state index contributed by atoms with van der Waals surface area (Å²) in [7, 11) is 0. The van der Waals surface area contributed by atoms with E-state index in [1.54, 1.807) is 24.3 Å². The van der Waals surface area contributed by atoms with Gasteiger partial charge in [0.15, 0.2) is 0 Å². The normalized spacial score (nSPS) is 10.8. The van der Waals surface area contributed by atoms with Gasteiger partial charge in [-0.1, -0.05) is 24.3 Å². The van der Waals surface area contributed by atoms with Gasteiger partial charge in [0, 0.05) is 16.5 Å². The molecule has 0 saturated heterocycles. The zero-order valence-electron chi connectivity index (χ0n) is 10.6. The smallest absolute Gasteiger partial charge is 0.257 e. The number of hydrogen-bond acceptors (Lipinski definition) is 3. The Morgan fingerprint density at radius 3 is 2.52 bits per heavy atom. The van der Waals surface area contributed by atoms with Crippen LogP contribution in [0.15, 0.2) is 50.0 Å². The van der Waals surface area contributed by atoms with Crippen molar-refractivity contribution >= 4 is 65.6 Å². The molecule has 21 heavy (non-hydrogen) atoms. The van der Waals surface area contributed by atoms with Crippen molar-refractivity contribution in [1.82, 2.24) is 0 Å². The largest absolute Gasteiger partial charge is 0.507 e. The Morgan fingerprint density at radius 2 is 1.81 bits per heavy atom. The van der Waals surface area contributed by atoms with Crippen molar-refractivity contribution in [3.05, 3.63) is 55.6 Å². The summed E-state index contributed by atoms with van der Waals surface area (Å²) < 4.78 is 1.66. The molecule has 3 nitrogen and oxygen atoms in total. The summed E-state index contributed by atoms with van der Waals surface area (Å²) in [4.78, 5) is 12.4. The van der Waals surface area contributed by atoms with Crippen molar-refractivity contribution in [2.45, 2.75) is 0 Å². The highest BCUT2D eigenvalue weighted by Gasteiger charge is 2.15. The number of anilines is 1. The van der Waals surface area contributed by atoms with Crippen molar-refractivity contribution in [2.24, 2.45) is 0 Å². The van der Waals surface area contributed by atoms with Gasteiger partial charge in [0.1, 0.15) is 5.75 Å². The molecular weight excluding hydrogens is 418 g/mol. The highest BCUT2D eigenvalue weighted by Crippen LogP contribution is 2.34. The fourth-order valence-electron chi connectivity index (χ4n) is 2.09. The van der Waals surface area contributed by atoms with Crippen LogP contribution in [0, 0.1) is 0 Å². The average molecular weight is 427 g/mol. The second-order valence-electron chi connectivity index (χ2n) is 4.37. The Labute approximate surface area is 141 Å². The zero-order valence-corrected chi connectivity index (χ0v) is 14.5. The maximum absolute atomic E-state index is 12.4. The van der Waals surface area contributed by atoms with E-state index in [9.17, 15) is 9.90 Å². The van der Waals surface area contributed by atoms with Gasteiger partial charge in [-0.15, -0.1) is 11.3 Å². The summed E-state index contributed by atoms with van der Waals surface area (Å²) in [5, 5.41) is 14.3. The lowest BCUT2D eigenvalue weighted by atomic mass is 10.1. The van der Waals surface area contributed by atoms with Gasteiger partial charge in [-0.25, -0.2) is 0 Å². The molecular formula is C15H9Br2NO2S. The summed E-state index contributed by atoms with van der Waals surface area (Å²) >= 11 is 8.19. The first-order chi connectivity index (χ1) is 10.1. The number of amides is 1. The van der Waals surface area contributed by atoms with Gasteiger partial charge in [-0.3, -0.25) is 4.79 Å². The molecule has 0 bridgehead atoms. The summed E-state index contributed by atoms with van der Waals surface area (Å²) in [5.41, 5.74) is 1.24. The number of benzene rings is 2. The van der Waals surface area contributed by atoms with E-state index in [4.69, 9.17) is 0 Å². The van der Waals surface area contributed by atoms with Crippen LogP contribution in [0.3, 0.4) is 0 Å². The molecule has 106 valence electrons. The number of thiophene rings is 1. The lowest BCUT2D eigenvalue weighted by Crippen LogP contribution is -2.11. The number of phenolic OH excluding ortho intramolecular Hbond substituents is 1. The zero-order chi connectivity index (χ0) is 15.0. The molecule has 0 atom stereocenters. The van der Waals surface area contributed by atoms with Crippen molar-refractivity contribution < 1.29 is 9.90 Å². The molecule has 3 aromatic rings. The standard InChI is InChI=1S/C15H9Br2NO2S/c16-13-7-10(14(17)21-13)15(20)18-11-5-1-4-9-8(11)3-2-6-12(9)19/h1-7,19H,(H,18,20). The molecule has 2 aromatic carbocycles. The van der Waals surface area contributed by atoms with E-state index in [0.717, 1.165) is 13.0 Å². The van der Waals surface area contributed by atoms with Crippen molar-refractivity contribution in [3.63, 3.8) is 0 Å². The van der Waals surface area contributed by atoms with Crippen LogP contribution in [0.25, 0.3) is 10.8 Å². The Hall–Kier alpha value is -1.37. The van der Waals surface area contributed by atoms with Crippen LogP contribution in [0.5, 0.6) is 5.75 Å². The molecule has 0 aliphatic rings. The minimum atomic E-state index is -0.195. The summed E-state index contributed by atoms with van der Waals surface area (Å²) in [6, 6.07) is 12.4. The molecule has 0 aliphatic heterocycles. The van der Waals surface area contributed by atoms with Crippen LogP contribution in [-0.2, 0) is 0 Å². The number of fused-ring (bicyclic) bond motifs is 1. The number of carbonyl (C=O) groups is 1. The second-order valence-corrected chi connectivity index (χ2v) is 8.12. The van der Waals surface area contributed by atoms with Crippen molar-refractivity contribution in [1.29, 1.82) is 0 Å². The van der Waals surface area contributed by atoms with E-state index in [2.05, 4.69) is 37.2 Å². The van der Waals surface area contributed by atoms with Gasteiger partial charge in [-0.05, 0) is 50.1 Å². The lowest BCUT2D eigenvalue weighted by molar-refractivity contribution is 0.102.